The van der Waals surface area contributed by atoms with Crippen LogP contribution in [-0.2, 0) is 0 Å². The molecule has 0 bridgehead atoms. The zero-order valence-corrected chi connectivity index (χ0v) is 14.0. The second-order valence-electron chi connectivity index (χ2n) is 5.67. The quantitative estimate of drug-likeness (QED) is 0.661. The van der Waals surface area contributed by atoms with E-state index >= 15 is 0 Å². The summed E-state index contributed by atoms with van der Waals surface area (Å²) < 4.78 is 19.6. The minimum absolute atomic E-state index is 0.0104. The molecule has 0 spiro atoms. The largest absolute Gasteiger partial charge is 0.494 e. The van der Waals surface area contributed by atoms with Crippen LogP contribution in [-0.4, -0.2) is 28.4 Å². The van der Waals surface area contributed by atoms with Gasteiger partial charge in [-0.25, -0.2) is 9.37 Å². The van der Waals surface area contributed by atoms with Crippen molar-refractivity contribution in [3.63, 3.8) is 0 Å². The lowest BCUT2D eigenvalue weighted by molar-refractivity contribution is 0.0950. The van der Waals surface area contributed by atoms with Crippen LogP contribution in [0.4, 0.5) is 4.39 Å². The third-order valence-corrected chi connectivity index (χ3v) is 3.80. The topological polar surface area (TPSA) is 72.7 Å². The number of fused-ring (bicyclic) bond motifs is 1. The molecule has 1 N–H and O–H groups in total. The van der Waals surface area contributed by atoms with E-state index in [9.17, 15) is 14.0 Å². The number of halogens is 1. The number of ether oxygens (including phenoxy) is 1. The minimum atomic E-state index is -0.444. The van der Waals surface area contributed by atoms with E-state index in [0.29, 0.717) is 37.4 Å². The van der Waals surface area contributed by atoms with Crippen molar-refractivity contribution in [2.24, 2.45) is 0 Å². The van der Waals surface area contributed by atoms with Crippen LogP contribution in [0.25, 0.3) is 5.65 Å². The molecule has 0 saturated carbocycles. The van der Waals surface area contributed by atoms with E-state index in [-0.39, 0.29) is 11.4 Å². The lowest BCUT2D eigenvalue weighted by Gasteiger charge is -2.07. The number of carbonyl (C=O) groups is 1. The highest BCUT2D eigenvalue weighted by molar-refractivity contribution is 5.93. The summed E-state index contributed by atoms with van der Waals surface area (Å²) in [6.45, 7) is 0.879. The number of hydrogen-bond donors (Lipinski definition) is 1. The lowest BCUT2D eigenvalue weighted by Crippen LogP contribution is -2.32. The molecule has 0 fully saturated rings. The van der Waals surface area contributed by atoms with E-state index in [1.54, 1.807) is 36.5 Å². The molecule has 0 aliphatic carbocycles. The molecular formula is C19H18FN3O3. The Bertz CT molecular complexity index is 954. The van der Waals surface area contributed by atoms with Crippen molar-refractivity contribution in [1.29, 1.82) is 0 Å². The average Bonchev–Trinajstić information content (AvgIpc) is 2.66. The van der Waals surface area contributed by atoms with Gasteiger partial charge in [0, 0.05) is 18.9 Å². The van der Waals surface area contributed by atoms with Crippen molar-refractivity contribution in [1.82, 2.24) is 14.7 Å². The first-order chi connectivity index (χ1) is 12.6. The van der Waals surface area contributed by atoms with Gasteiger partial charge >= 0.3 is 0 Å². The maximum absolute atomic E-state index is 12.8. The summed E-state index contributed by atoms with van der Waals surface area (Å²) in [7, 11) is 0. The Labute approximate surface area is 149 Å². The van der Waals surface area contributed by atoms with E-state index in [1.807, 2.05) is 0 Å². The van der Waals surface area contributed by atoms with Gasteiger partial charge in [0.15, 0.2) is 0 Å². The lowest BCUT2D eigenvalue weighted by atomic mass is 10.2. The fourth-order valence-electron chi connectivity index (χ4n) is 2.43. The first-order valence-corrected chi connectivity index (χ1v) is 8.28. The van der Waals surface area contributed by atoms with E-state index in [0.717, 1.165) is 0 Å². The van der Waals surface area contributed by atoms with Gasteiger partial charge in [-0.15, -0.1) is 0 Å². The molecule has 1 aromatic carbocycles. The van der Waals surface area contributed by atoms with Gasteiger partial charge in [0.25, 0.3) is 11.5 Å². The highest BCUT2D eigenvalue weighted by atomic mass is 19.1. The maximum atomic E-state index is 12.8. The number of nitrogens with zero attached hydrogens (tertiary/aromatic N) is 2. The first-order valence-electron chi connectivity index (χ1n) is 8.28. The Morgan fingerprint density at radius 1 is 1.15 bits per heavy atom. The molecule has 3 rings (SSSR count). The highest BCUT2D eigenvalue weighted by Crippen LogP contribution is 2.11. The van der Waals surface area contributed by atoms with Crippen LogP contribution in [0.15, 0.2) is 59.7 Å². The number of aromatic nitrogens is 2. The van der Waals surface area contributed by atoms with Crippen molar-refractivity contribution < 1.29 is 13.9 Å². The molecule has 0 atom stereocenters. The van der Waals surface area contributed by atoms with Crippen LogP contribution < -0.4 is 15.6 Å². The number of benzene rings is 1. The summed E-state index contributed by atoms with van der Waals surface area (Å²) in [5.74, 6) is -0.148. The maximum Gasteiger partial charge on any atom is 0.270 e. The predicted octanol–water partition coefficient (Wildman–Crippen LogP) is 2.42. The second-order valence-corrected chi connectivity index (χ2v) is 5.67. The van der Waals surface area contributed by atoms with Crippen LogP contribution in [0.1, 0.15) is 23.2 Å². The molecule has 0 radical (unpaired) electrons. The molecule has 134 valence electrons. The van der Waals surface area contributed by atoms with Gasteiger partial charge in [-0.05, 0) is 49.2 Å². The molecule has 0 aliphatic heterocycles. The van der Waals surface area contributed by atoms with E-state index < -0.39 is 11.5 Å². The Balaban J connectivity index is 1.45. The summed E-state index contributed by atoms with van der Waals surface area (Å²) in [5, 5.41) is 2.71. The number of amides is 1. The molecule has 0 saturated heterocycles. The number of pyridine rings is 1. The average molecular weight is 355 g/mol. The highest BCUT2D eigenvalue weighted by Gasteiger charge is 2.12. The molecule has 6 nitrogen and oxygen atoms in total. The van der Waals surface area contributed by atoms with Crippen LogP contribution in [0.3, 0.4) is 0 Å². The zero-order chi connectivity index (χ0) is 18.4. The third-order valence-electron chi connectivity index (χ3n) is 3.80. The standard InChI is InChI=1S/C19H18FN3O3/c20-14-6-8-15(9-7-14)26-12-4-2-10-21-18(24)16-13-22-17-5-1-3-11-23(17)19(16)25/h1,3,5-9,11,13H,2,4,10,12H2,(H,21,24). The van der Waals surface area contributed by atoms with Gasteiger partial charge in [-0.1, -0.05) is 6.07 Å². The minimum Gasteiger partial charge on any atom is -0.494 e. The van der Waals surface area contributed by atoms with Crippen molar-refractivity contribution in [2.75, 3.05) is 13.2 Å². The summed E-state index contributed by atoms with van der Waals surface area (Å²) in [6.07, 6.45) is 4.28. The Morgan fingerprint density at radius 2 is 1.96 bits per heavy atom. The van der Waals surface area contributed by atoms with E-state index in [4.69, 9.17) is 4.74 Å². The summed E-state index contributed by atoms with van der Waals surface area (Å²) >= 11 is 0. The van der Waals surface area contributed by atoms with Crippen molar-refractivity contribution in [2.45, 2.75) is 12.8 Å². The van der Waals surface area contributed by atoms with Gasteiger partial charge in [-0.3, -0.25) is 14.0 Å². The summed E-state index contributed by atoms with van der Waals surface area (Å²) in [5.41, 5.74) is 0.107. The van der Waals surface area contributed by atoms with Gasteiger partial charge in [-0.2, -0.15) is 0 Å². The van der Waals surface area contributed by atoms with Crippen LogP contribution in [0.5, 0.6) is 5.75 Å². The molecule has 26 heavy (non-hydrogen) atoms. The number of hydrogen-bond acceptors (Lipinski definition) is 4. The van der Waals surface area contributed by atoms with Gasteiger partial charge in [0.2, 0.25) is 0 Å². The molecule has 0 aliphatic rings. The Hall–Kier alpha value is -3.22. The summed E-state index contributed by atoms with van der Waals surface area (Å²) in [6, 6.07) is 11.0. The monoisotopic (exact) mass is 355 g/mol. The number of carbonyl (C=O) groups excluding carboxylic acids is 1. The van der Waals surface area contributed by atoms with Gasteiger partial charge in [0.05, 0.1) is 6.61 Å². The molecule has 2 heterocycles. The predicted molar refractivity (Wildman–Crippen MR) is 94.9 cm³/mol. The Kier molecular flexibility index (Phi) is 5.58. The van der Waals surface area contributed by atoms with Crippen molar-refractivity contribution in [3.05, 3.63) is 76.6 Å². The molecular weight excluding hydrogens is 337 g/mol. The van der Waals surface area contributed by atoms with Gasteiger partial charge < -0.3 is 10.1 Å². The van der Waals surface area contributed by atoms with Crippen LogP contribution >= 0.6 is 0 Å². The Morgan fingerprint density at radius 3 is 2.77 bits per heavy atom. The van der Waals surface area contributed by atoms with E-state index in [2.05, 4.69) is 10.3 Å². The number of nitrogens with one attached hydrogen (secondary N) is 1. The normalized spacial score (nSPS) is 10.7. The summed E-state index contributed by atoms with van der Waals surface area (Å²) in [4.78, 5) is 28.6. The number of rotatable bonds is 7. The van der Waals surface area contributed by atoms with Crippen LogP contribution in [0, 0.1) is 5.82 Å². The third kappa shape index (κ3) is 4.24. The number of unbranched alkanes of at least 4 members (excludes halogenated alkanes) is 1. The first kappa shape index (κ1) is 17.6. The second kappa shape index (κ2) is 8.24. The zero-order valence-electron chi connectivity index (χ0n) is 14.0. The van der Waals surface area contributed by atoms with E-state index in [1.165, 1.54) is 22.7 Å². The van der Waals surface area contributed by atoms with Crippen LogP contribution in [0.2, 0.25) is 0 Å². The molecule has 0 unspecified atom stereocenters. The van der Waals surface area contributed by atoms with Crippen molar-refractivity contribution >= 4 is 11.6 Å². The smallest absolute Gasteiger partial charge is 0.270 e. The molecule has 2 aromatic heterocycles. The SMILES string of the molecule is O=C(NCCCCOc1ccc(F)cc1)c1cnc2ccccn2c1=O. The van der Waals surface area contributed by atoms with Crippen molar-refractivity contribution in [3.8, 4) is 5.75 Å². The fourth-order valence-corrected chi connectivity index (χ4v) is 2.43. The fraction of sp³-hybridized carbons (Fsp3) is 0.211. The molecule has 1 amide bonds. The molecule has 7 heteroatoms. The van der Waals surface area contributed by atoms with Gasteiger partial charge in [0.1, 0.15) is 22.8 Å². The molecule has 3 aromatic rings.